The zero-order chi connectivity index (χ0) is 17.7. The van der Waals surface area contributed by atoms with Crippen molar-refractivity contribution < 1.29 is 18.8 Å². The highest BCUT2D eigenvalue weighted by atomic mass is 35.5. The minimum atomic E-state index is -0.178. The first kappa shape index (κ1) is 18.1. The maximum Gasteiger partial charge on any atom is 0.275 e. The summed E-state index contributed by atoms with van der Waals surface area (Å²) in [4.78, 5) is 13.9. The minimum Gasteiger partial charge on any atom is -0.493 e. The smallest absolute Gasteiger partial charge is 0.275 e. The Morgan fingerprint density at radius 3 is 2.75 bits per heavy atom. The van der Waals surface area contributed by atoms with Crippen LogP contribution in [0.3, 0.4) is 0 Å². The molecule has 0 saturated heterocycles. The van der Waals surface area contributed by atoms with Crippen LogP contribution in [-0.4, -0.2) is 36.7 Å². The first-order chi connectivity index (χ1) is 11.4. The van der Waals surface area contributed by atoms with Gasteiger partial charge in [-0.15, -0.1) is 0 Å². The number of benzene rings is 1. The number of carbonyl (C=O) groups excluding carboxylic acids is 1. The summed E-state index contributed by atoms with van der Waals surface area (Å²) in [6, 6.07) is 6.66. The molecular weight excluding hydrogens is 332 g/mol. The van der Waals surface area contributed by atoms with Gasteiger partial charge in [0.05, 0.1) is 7.11 Å². The summed E-state index contributed by atoms with van der Waals surface area (Å²) >= 11 is 5.91. The summed E-state index contributed by atoms with van der Waals surface area (Å²) < 4.78 is 16.0. The normalized spacial score (nSPS) is 10.8. The molecule has 1 amide bonds. The second-order valence-corrected chi connectivity index (χ2v) is 6.28. The maximum absolute atomic E-state index is 12.2. The van der Waals surface area contributed by atoms with Gasteiger partial charge in [0.1, 0.15) is 6.61 Å². The maximum atomic E-state index is 12.2. The summed E-state index contributed by atoms with van der Waals surface area (Å²) in [7, 11) is 3.28. The zero-order valence-corrected chi connectivity index (χ0v) is 15.0. The average Bonchev–Trinajstić information content (AvgIpc) is 3.01. The van der Waals surface area contributed by atoms with Gasteiger partial charge in [-0.25, -0.2) is 0 Å². The Morgan fingerprint density at radius 1 is 1.33 bits per heavy atom. The average molecular weight is 353 g/mol. The van der Waals surface area contributed by atoms with Crippen molar-refractivity contribution >= 4 is 17.5 Å². The highest BCUT2D eigenvalue weighted by molar-refractivity contribution is 6.30. The minimum absolute atomic E-state index is 0.131. The molecule has 0 saturated carbocycles. The van der Waals surface area contributed by atoms with Crippen LogP contribution in [0.5, 0.6) is 11.5 Å². The standard InChI is InChI=1S/C17H21ClN2O4/c1-11(2)9-20(3)17(21)14-8-13(24-19-14)10-23-15-6-5-12(18)7-16(15)22-4/h5-8,11H,9-10H2,1-4H3. The molecule has 7 heteroatoms. The van der Waals surface area contributed by atoms with Crippen LogP contribution in [0, 0.1) is 5.92 Å². The number of ether oxygens (including phenoxy) is 2. The van der Waals surface area contributed by atoms with Gasteiger partial charge < -0.3 is 18.9 Å². The molecule has 0 unspecified atom stereocenters. The number of hydrogen-bond donors (Lipinski definition) is 0. The molecule has 0 aliphatic rings. The lowest BCUT2D eigenvalue weighted by Gasteiger charge is -2.17. The number of methoxy groups -OCH3 is 1. The van der Waals surface area contributed by atoms with E-state index in [2.05, 4.69) is 5.16 Å². The summed E-state index contributed by atoms with van der Waals surface area (Å²) in [6.07, 6.45) is 0. The Kier molecular flexibility index (Phi) is 6.09. The van der Waals surface area contributed by atoms with Crippen LogP contribution in [0.25, 0.3) is 0 Å². The molecule has 2 rings (SSSR count). The van der Waals surface area contributed by atoms with E-state index in [9.17, 15) is 4.79 Å². The number of hydrogen-bond acceptors (Lipinski definition) is 5. The molecule has 1 aromatic carbocycles. The number of aromatic nitrogens is 1. The monoisotopic (exact) mass is 352 g/mol. The van der Waals surface area contributed by atoms with Gasteiger partial charge >= 0.3 is 0 Å². The van der Waals surface area contributed by atoms with E-state index in [1.165, 1.54) is 7.11 Å². The molecule has 0 bridgehead atoms. The summed E-state index contributed by atoms with van der Waals surface area (Å²) in [5.74, 6) is 1.71. The Labute approximate surface area is 146 Å². The number of amides is 1. The molecule has 0 aliphatic carbocycles. The van der Waals surface area contributed by atoms with Crippen LogP contribution in [0.4, 0.5) is 0 Å². The van der Waals surface area contributed by atoms with Crippen molar-refractivity contribution in [2.24, 2.45) is 5.92 Å². The first-order valence-corrected chi connectivity index (χ1v) is 7.96. The molecular formula is C17H21ClN2O4. The van der Waals surface area contributed by atoms with E-state index in [0.717, 1.165) is 0 Å². The van der Waals surface area contributed by atoms with Gasteiger partial charge in [0, 0.05) is 30.7 Å². The molecule has 0 fully saturated rings. The summed E-state index contributed by atoms with van der Waals surface area (Å²) in [5.41, 5.74) is 0.264. The summed E-state index contributed by atoms with van der Waals surface area (Å²) in [6.45, 7) is 4.88. The Hall–Kier alpha value is -2.21. The topological polar surface area (TPSA) is 64.8 Å². The molecule has 1 aromatic heterocycles. The van der Waals surface area contributed by atoms with Crippen molar-refractivity contribution in [3.8, 4) is 11.5 Å². The number of rotatable bonds is 7. The number of halogens is 1. The fraction of sp³-hybridized carbons (Fsp3) is 0.412. The van der Waals surface area contributed by atoms with Crippen molar-refractivity contribution in [1.82, 2.24) is 10.1 Å². The van der Waals surface area contributed by atoms with E-state index < -0.39 is 0 Å². The molecule has 24 heavy (non-hydrogen) atoms. The van der Waals surface area contributed by atoms with Crippen LogP contribution < -0.4 is 9.47 Å². The quantitative estimate of drug-likeness (QED) is 0.761. The molecule has 0 N–H and O–H groups in total. The first-order valence-electron chi connectivity index (χ1n) is 7.58. The molecule has 2 aromatic rings. The van der Waals surface area contributed by atoms with E-state index in [-0.39, 0.29) is 18.2 Å². The molecule has 0 aliphatic heterocycles. The van der Waals surface area contributed by atoms with E-state index in [1.54, 1.807) is 36.2 Å². The van der Waals surface area contributed by atoms with Gasteiger partial charge in [0.2, 0.25) is 0 Å². The third-order valence-electron chi connectivity index (χ3n) is 3.26. The second kappa shape index (κ2) is 8.06. The van der Waals surface area contributed by atoms with Crippen LogP contribution in [0.1, 0.15) is 30.1 Å². The Bertz CT molecular complexity index is 700. The van der Waals surface area contributed by atoms with E-state index in [4.69, 9.17) is 25.6 Å². The van der Waals surface area contributed by atoms with Crippen LogP contribution in [0.2, 0.25) is 5.02 Å². The summed E-state index contributed by atoms with van der Waals surface area (Å²) in [5, 5.41) is 4.37. The van der Waals surface area contributed by atoms with Gasteiger partial charge in [0.15, 0.2) is 23.0 Å². The van der Waals surface area contributed by atoms with Crippen LogP contribution in [0.15, 0.2) is 28.8 Å². The Morgan fingerprint density at radius 2 is 2.08 bits per heavy atom. The molecule has 1 heterocycles. The van der Waals surface area contributed by atoms with Crippen LogP contribution >= 0.6 is 11.6 Å². The fourth-order valence-electron chi connectivity index (χ4n) is 2.22. The Balaban J connectivity index is 2.00. The highest BCUT2D eigenvalue weighted by Crippen LogP contribution is 2.30. The number of carbonyl (C=O) groups is 1. The van der Waals surface area contributed by atoms with Gasteiger partial charge in [-0.2, -0.15) is 0 Å². The van der Waals surface area contributed by atoms with E-state index >= 15 is 0 Å². The van der Waals surface area contributed by atoms with E-state index in [1.807, 2.05) is 13.8 Å². The van der Waals surface area contributed by atoms with Crippen molar-refractivity contribution in [3.05, 3.63) is 40.7 Å². The lowest BCUT2D eigenvalue weighted by atomic mass is 10.2. The van der Waals surface area contributed by atoms with Gasteiger partial charge in [0.25, 0.3) is 5.91 Å². The molecule has 0 radical (unpaired) electrons. The lowest BCUT2D eigenvalue weighted by molar-refractivity contribution is 0.0768. The van der Waals surface area contributed by atoms with Gasteiger partial charge in [-0.3, -0.25) is 4.79 Å². The van der Waals surface area contributed by atoms with Crippen molar-refractivity contribution in [3.63, 3.8) is 0 Å². The van der Waals surface area contributed by atoms with Gasteiger partial charge in [-0.1, -0.05) is 30.6 Å². The second-order valence-electron chi connectivity index (χ2n) is 5.84. The lowest BCUT2D eigenvalue weighted by Crippen LogP contribution is -2.30. The third-order valence-corrected chi connectivity index (χ3v) is 3.49. The molecule has 0 spiro atoms. The molecule has 130 valence electrons. The van der Waals surface area contributed by atoms with Crippen LogP contribution in [-0.2, 0) is 6.61 Å². The molecule has 6 nitrogen and oxygen atoms in total. The predicted molar refractivity (Wildman–Crippen MR) is 90.6 cm³/mol. The third kappa shape index (κ3) is 4.64. The zero-order valence-electron chi connectivity index (χ0n) is 14.2. The highest BCUT2D eigenvalue weighted by Gasteiger charge is 2.18. The van der Waals surface area contributed by atoms with Gasteiger partial charge in [-0.05, 0) is 18.1 Å². The van der Waals surface area contributed by atoms with Crippen molar-refractivity contribution in [2.45, 2.75) is 20.5 Å². The SMILES string of the molecule is COc1cc(Cl)ccc1OCc1cc(C(=O)N(C)CC(C)C)no1. The van der Waals surface area contributed by atoms with E-state index in [0.29, 0.717) is 34.7 Å². The largest absolute Gasteiger partial charge is 0.493 e. The number of nitrogens with zero attached hydrogens (tertiary/aromatic N) is 2. The molecule has 0 atom stereocenters. The van der Waals surface area contributed by atoms with Crippen molar-refractivity contribution in [2.75, 3.05) is 20.7 Å². The predicted octanol–water partition coefficient (Wildman–Crippen LogP) is 3.64. The fourth-order valence-corrected chi connectivity index (χ4v) is 2.38. The van der Waals surface area contributed by atoms with Crippen molar-refractivity contribution in [1.29, 1.82) is 0 Å².